The summed E-state index contributed by atoms with van der Waals surface area (Å²) >= 11 is 0. The average Bonchev–Trinajstić information content (AvgIpc) is 3.18. The lowest BCUT2D eigenvalue weighted by atomic mass is 10.3. The predicted octanol–water partition coefficient (Wildman–Crippen LogP) is 0.0455. The topological polar surface area (TPSA) is 108 Å². The number of nitrogens with zero attached hydrogens (tertiary/aromatic N) is 7. The highest BCUT2D eigenvalue weighted by molar-refractivity contribution is 5.33. The van der Waals surface area contributed by atoms with Crippen molar-refractivity contribution < 1.29 is 6.15 Å². The molecular weight excluding hydrogens is 288 g/mol. The summed E-state index contributed by atoms with van der Waals surface area (Å²) in [6.07, 6.45) is 3.01. The average molecular weight is 306 g/mol. The SMILES string of the molecule is [3H]n1ccc(OCc2c(-n3nnn(C)c3=O)cnn2C(C)C)n1. The van der Waals surface area contributed by atoms with E-state index in [1.165, 1.54) is 17.9 Å². The van der Waals surface area contributed by atoms with Gasteiger partial charge < -0.3 is 4.74 Å². The number of ether oxygens (including phenoxy) is 1. The van der Waals surface area contributed by atoms with Gasteiger partial charge in [-0.2, -0.15) is 14.5 Å². The molecule has 0 aliphatic heterocycles. The first kappa shape index (κ1) is 12.8. The standard InChI is InChI=1S/C12H16N8O2/c1-8(2)19-10(7-22-11-4-5-13-15-11)9(6-14-19)20-12(21)18(3)16-17-20/h4-6,8H,7H2,1-3H3,(H,13,15)/i/hT. The maximum absolute atomic E-state index is 12.1. The molecule has 3 rings (SSSR count). The maximum Gasteiger partial charge on any atom is 0.368 e. The third kappa shape index (κ3) is 2.38. The van der Waals surface area contributed by atoms with Crippen molar-refractivity contribution in [2.24, 2.45) is 7.05 Å². The van der Waals surface area contributed by atoms with Crippen LogP contribution in [-0.4, -0.2) is 39.8 Å². The Labute approximate surface area is 126 Å². The van der Waals surface area contributed by atoms with Crippen molar-refractivity contribution in [1.82, 2.24) is 39.8 Å². The fourth-order valence-corrected chi connectivity index (χ4v) is 2.05. The van der Waals surface area contributed by atoms with Gasteiger partial charge >= 0.3 is 5.69 Å². The van der Waals surface area contributed by atoms with Crippen molar-refractivity contribution in [3.05, 3.63) is 34.6 Å². The van der Waals surface area contributed by atoms with Gasteiger partial charge in [0.2, 0.25) is 5.88 Å². The highest BCUT2D eigenvalue weighted by Crippen LogP contribution is 2.18. The Balaban J connectivity index is 1.97. The van der Waals surface area contributed by atoms with E-state index >= 15 is 0 Å². The summed E-state index contributed by atoms with van der Waals surface area (Å²) < 4.78 is 17.0. The molecule has 0 amide bonds. The van der Waals surface area contributed by atoms with E-state index in [0.29, 0.717) is 17.3 Å². The van der Waals surface area contributed by atoms with Crippen LogP contribution in [0, 0.1) is 0 Å². The quantitative estimate of drug-likeness (QED) is 0.713. The van der Waals surface area contributed by atoms with Crippen LogP contribution in [-0.2, 0) is 13.7 Å². The van der Waals surface area contributed by atoms with Crippen LogP contribution in [0.2, 0.25) is 1.41 Å². The van der Waals surface area contributed by atoms with Gasteiger partial charge in [-0.05, 0) is 24.3 Å². The monoisotopic (exact) mass is 306 g/mol. The molecule has 3 aromatic rings. The Morgan fingerprint density at radius 2 is 2.27 bits per heavy atom. The Kier molecular flexibility index (Phi) is 3.18. The largest absolute Gasteiger partial charge is 0.470 e. The predicted molar refractivity (Wildman–Crippen MR) is 75.7 cm³/mol. The summed E-state index contributed by atoms with van der Waals surface area (Å²) in [4.78, 5) is 12.1. The number of aryl methyl sites for hydroxylation is 1. The highest BCUT2D eigenvalue weighted by atomic mass is 16.5. The van der Waals surface area contributed by atoms with E-state index in [-0.39, 0.29) is 18.3 Å². The lowest BCUT2D eigenvalue weighted by Crippen LogP contribution is -2.23. The van der Waals surface area contributed by atoms with Crippen LogP contribution < -0.4 is 10.4 Å². The van der Waals surface area contributed by atoms with Crippen molar-refractivity contribution in [3.63, 3.8) is 0 Å². The molecule has 10 heteroatoms. The Morgan fingerprint density at radius 1 is 1.45 bits per heavy atom. The second kappa shape index (κ2) is 5.47. The Morgan fingerprint density at radius 3 is 2.86 bits per heavy atom. The van der Waals surface area contributed by atoms with Gasteiger partial charge in [-0.3, -0.25) is 9.77 Å². The van der Waals surface area contributed by atoms with Crippen molar-refractivity contribution in [2.75, 3.05) is 0 Å². The fourth-order valence-electron chi connectivity index (χ4n) is 2.05. The zero-order valence-corrected chi connectivity index (χ0v) is 12.4. The van der Waals surface area contributed by atoms with Gasteiger partial charge in [0.05, 0.1) is 6.20 Å². The van der Waals surface area contributed by atoms with Gasteiger partial charge in [0.1, 0.15) is 18.0 Å². The number of hydrogen-bond acceptors (Lipinski definition) is 6. The summed E-state index contributed by atoms with van der Waals surface area (Å²) in [7, 11) is 1.52. The summed E-state index contributed by atoms with van der Waals surface area (Å²) in [6.45, 7) is 4.07. The van der Waals surface area contributed by atoms with Crippen LogP contribution in [0.15, 0.2) is 23.3 Å². The van der Waals surface area contributed by atoms with Gasteiger partial charge in [-0.15, -0.1) is 5.10 Å². The normalized spacial score (nSPS) is 11.9. The first-order valence-corrected chi connectivity index (χ1v) is 6.71. The van der Waals surface area contributed by atoms with E-state index in [1.54, 1.807) is 16.9 Å². The van der Waals surface area contributed by atoms with Crippen molar-refractivity contribution in [1.29, 1.82) is 0 Å². The van der Waals surface area contributed by atoms with E-state index in [9.17, 15) is 4.79 Å². The molecule has 0 aromatic carbocycles. The van der Waals surface area contributed by atoms with Crippen LogP contribution in [0.4, 0.5) is 0 Å². The second-order valence-electron chi connectivity index (χ2n) is 4.97. The number of rotatable bonds is 5. The number of H-pyrrole nitrogens is 1. The van der Waals surface area contributed by atoms with Crippen LogP contribution in [0.1, 0.15) is 25.6 Å². The number of hydrogen-bond donors (Lipinski definition) is 1. The molecule has 3 heterocycles. The number of aromatic amines is 1. The van der Waals surface area contributed by atoms with Crippen molar-refractivity contribution in [2.45, 2.75) is 26.5 Å². The molecular formula is C12H16N8O2. The van der Waals surface area contributed by atoms with Crippen LogP contribution >= 0.6 is 0 Å². The van der Waals surface area contributed by atoms with Crippen LogP contribution in [0.5, 0.6) is 5.88 Å². The minimum Gasteiger partial charge on any atom is -0.470 e. The first-order valence-electron chi connectivity index (χ1n) is 7.15. The lowest BCUT2D eigenvalue weighted by Gasteiger charge is -2.12. The van der Waals surface area contributed by atoms with E-state index in [2.05, 4.69) is 20.6 Å². The molecule has 10 nitrogen and oxygen atoms in total. The molecule has 0 saturated carbocycles. The zero-order valence-electron chi connectivity index (χ0n) is 13.4. The van der Waals surface area contributed by atoms with Crippen LogP contribution in [0.3, 0.4) is 0 Å². The van der Waals surface area contributed by atoms with Gasteiger partial charge in [-0.25, -0.2) is 4.79 Å². The Hall–Kier alpha value is -2.91. The van der Waals surface area contributed by atoms with Gasteiger partial charge in [-0.1, -0.05) is 0 Å². The molecule has 1 N–H and O–H groups in total. The van der Waals surface area contributed by atoms with Crippen molar-refractivity contribution >= 4 is 0 Å². The van der Waals surface area contributed by atoms with Crippen LogP contribution in [0.25, 0.3) is 5.69 Å². The molecule has 0 radical (unpaired) electrons. The molecule has 0 atom stereocenters. The molecule has 0 saturated heterocycles. The van der Waals surface area contributed by atoms with Gasteiger partial charge in [0.15, 0.2) is 1.41 Å². The zero-order chi connectivity index (χ0) is 16.6. The molecule has 0 spiro atoms. The first-order chi connectivity index (χ1) is 11.0. The third-order valence-electron chi connectivity index (χ3n) is 3.11. The summed E-state index contributed by atoms with van der Waals surface area (Å²) in [5.41, 5.74) is 0.800. The minimum atomic E-state index is -0.370. The fraction of sp³-hybridized carbons (Fsp3) is 0.417. The van der Waals surface area contributed by atoms with E-state index in [4.69, 9.17) is 6.15 Å². The molecule has 116 valence electrons. The number of aromatic nitrogens is 8. The highest BCUT2D eigenvalue weighted by Gasteiger charge is 2.19. The molecule has 0 aliphatic rings. The lowest BCUT2D eigenvalue weighted by molar-refractivity contribution is 0.276. The minimum absolute atomic E-state index is 0.0726. The summed E-state index contributed by atoms with van der Waals surface area (Å²) in [5, 5.41) is 16.6. The second-order valence-corrected chi connectivity index (χ2v) is 4.97. The maximum atomic E-state index is 12.1. The van der Waals surface area contributed by atoms with Crippen molar-refractivity contribution in [3.8, 4) is 11.6 Å². The summed E-state index contributed by atoms with van der Waals surface area (Å²) in [6, 6.07) is 1.65. The summed E-state index contributed by atoms with van der Waals surface area (Å²) in [5.74, 6) is 0.314. The molecule has 3 aromatic heterocycles. The number of nitrogens with one attached hydrogen (secondary N) is 1. The molecule has 0 bridgehead atoms. The Bertz CT molecular complexity index is 874. The molecule has 0 fully saturated rings. The van der Waals surface area contributed by atoms with Gasteiger partial charge in [0.25, 0.3) is 0 Å². The number of tetrazole rings is 1. The molecule has 0 unspecified atom stereocenters. The van der Waals surface area contributed by atoms with Gasteiger partial charge in [0, 0.05) is 25.4 Å². The smallest absolute Gasteiger partial charge is 0.368 e. The molecule has 22 heavy (non-hydrogen) atoms. The van der Waals surface area contributed by atoms with E-state index in [0.717, 1.165) is 9.77 Å². The van der Waals surface area contributed by atoms with E-state index in [1.807, 2.05) is 13.8 Å². The third-order valence-corrected chi connectivity index (χ3v) is 3.11. The van der Waals surface area contributed by atoms with E-state index < -0.39 is 0 Å². The molecule has 0 aliphatic carbocycles.